The van der Waals surface area contributed by atoms with Gasteiger partial charge in [0.2, 0.25) is 0 Å². The molecule has 0 saturated heterocycles. The smallest absolute Gasteiger partial charge is 0.272 e. The maximum absolute atomic E-state index is 12.1. The first kappa shape index (κ1) is 14.0. The number of hydrogen-bond acceptors (Lipinski definition) is 2. The molecule has 0 fully saturated rings. The van der Waals surface area contributed by atoms with E-state index in [-0.39, 0.29) is 5.91 Å². The zero-order valence-corrected chi connectivity index (χ0v) is 12.9. The number of aromatic nitrogens is 1. The van der Waals surface area contributed by atoms with Gasteiger partial charge in [-0.15, -0.1) is 0 Å². The van der Waals surface area contributed by atoms with Gasteiger partial charge in [0.15, 0.2) is 0 Å². The van der Waals surface area contributed by atoms with Crippen molar-refractivity contribution in [2.75, 3.05) is 11.6 Å². The first-order chi connectivity index (χ1) is 8.97. The Hall–Kier alpha value is -1.40. The van der Waals surface area contributed by atoms with Crippen LogP contribution in [0.15, 0.2) is 45.9 Å². The molecule has 0 radical (unpaired) electrons. The average molecular weight is 341 g/mol. The lowest BCUT2D eigenvalue weighted by atomic mass is 10.3. The molecule has 2 aromatic rings. The number of anilines is 1. The second-order valence-electron chi connectivity index (χ2n) is 4.09. The molecule has 0 aliphatic carbocycles. The molecule has 1 heterocycles. The largest absolute Gasteiger partial charge is 0.345 e. The zero-order valence-electron chi connectivity index (χ0n) is 10.5. The number of rotatable bonds is 3. The van der Waals surface area contributed by atoms with Crippen LogP contribution >= 0.6 is 15.9 Å². The van der Waals surface area contributed by atoms with E-state index in [2.05, 4.69) is 21.2 Å². The molecule has 1 amide bonds. The van der Waals surface area contributed by atoms with E-state index in [4.69, 9.17) is 0 Å². The summed E-state index contributed by atoms with van der Waals surface area (Å²) in [4.78, 5) is 12.8. The molecule has 0 aliphatic rings. The number of carbonyl (C=O) groups excluding carboxylic acids is 1. The van der Waals surface area contributed by atoms with E-state index in [1.807, 2.05) is 13.2 Å². The monoisotopic (exact) mass is 340 g/mol. The SMILES string of the molecule is Cn1cc(Br)cc1C(=O)Nc1ccc([S@@](C)=O)cc1. The fourth-order valence-electron chi connectivity index (χ4n) is 1.67. The molecule has 1 N–H and O–H groups in total. The van der Waals surface area contributed by atoms with E-state index >= 15 is 0 Å². The fraction of sp³-hybridized carbons (Fsp3) is 0.154. The number of nitrogens with one attached hydrogen (secondary N) is 1. The van der Waals surface area contributed by atoms with Crippen LogP contribution in [0.2, 0.25) is 0 Å². The van der Waals surface area contributed by atoms with Gasteiger partial charge in [-0.25, -0.2) is 0 Å². The Kier molecular flexibility index (Phi) is 4.21. The standard InChI is InChI=1S/C13H13BrN2O2S/c1-16-8-9(14)7-12(16)13(17)15-10-3-5-11(6-4-10)19(2)18/h3-8H,1-2H3,(H,15,17)/t19-/m1/s1. The summed E-state index contributed by atoms with van der Waals surface area (Å²) in [5.74, 6) is -0.182. The summed E-state index contributed by atoms with van der Waals surface area (Å²) in [5, 5.41) is 2.80. The van der Waals surface area contributed by atoms with Crippen LogP contribution in [0, 0.1) is 0 Å². The van der Waals surface area contributed by atoms with Crippen molar-refractivity contribution in [2.45, 2.75) is 4.90 Å². The first-order valence-electron chi connectivity index (χ1n) is 5.54. The van der Waals surface area contributed by atoms with Crippen molar-refractivity contribution in [1.29, 1.82) is 0 Å². The number of halogens is 1. The molecule has 100 valence electrons. The van der Waals surface area contributed by atoms with E-state index < -0.39 is 10.8 Å². The van der Waals surface area contributed by atoms with Gasteiger partial charge in [-0.2, -0.15) is 0 Å². The fourth-order valence-corrected chi connectivity index (χ4v) is 2.72. The first-order valence-corrected chi connectivity index (χ1v) is 7.89. The minimum Gasteiger partial charge on any atom is -0.345 e. The average Bonchev–Trinajstić information content (AvgIpc) is 2.69. The molecule has 0 saturated carbocycles. The van der Waals surface area contributed by atoms with E-state index in [1.165, 1.54) is 0 Å². The molecule has 19 heavy (non-hydrogen) atoms. The van der Waals surface area contributed by atoms with E-state index in [0.29, 0.717) is 11.4 Å². The van der Waals surface area contributed by atoms with Crippen molar-refractivity contribution in [3.05, 3.63) is 46.7 Å². The Morgan fingerprint density at radius 2 is 1.95 bits per heavy atom. The number of aryl methyl sites for hydroxylation is 1. The Morgan fingerprint density at radius 1 is 1.32 bits per heavy atom. The summed E-state index contributed by atoms with van der Waals surface area (Å²) < 4.78 is 13.9. The lowest BCUT2D eigenvalue weighted by Crippen LogP contribution is -2.15. The summed E-state index contributed by atoms with van der Waals surface area (Å²) in [6.45, 7) is 0. The lowest BCUT2D eigenvalue weighted by Gasteiger charge is -2.06. The number of amides is 1. The number of hydrogen-bond donors (Lipinski definition) is 1. The summed E-state index contributed by atoms with van der Waals surface area (Å²) in [7, 11) is 0.799. The van der Waals surface area contributed by atoms with Gasteiger partial charge < -0.3 is 9.88 Å². The molecular formula is C13H13BrN2O2S. The highest BCUT2D eigenvalue weighted by Gasteiger charge is 2.11. The highest BCUT2D eigenvalue weighted by molar-refractivity contribution is 9.10. The van der Waals surface area contributed by atoms with Crippen LogP contribution in [0.25, 0.3) is 0 Å². The molecule has 2 rings (SSSR count). The Balaban J connectivity index is 2.15. The van der Waals surface area contributed by atoms with Crippen molar-refractivity contribution in [3.63, 3.8) is 0 Å². The second kappa shape index (κ2) is 5.71. The molecule has 0 aliphatic heterocycles. The van der Waals surface area contributed by atoms with Crippen LogP contribution in [-0.2, 0) is 17.8 Å². The Bertz CT molecular complexity index is 635. The summed E-state index contributed by atoms with van der Waals surface area (Å²) in [5.41, 5.74) is 1.24. The molecule has 1 aromatic heterocycles. The van der Waals surface area contributed by atoms with Crippen molar-refractivity contribution >= 4 is 38.3 Å². The maximum Gasteiger partial charge on any atom is 0.272 e. The third-order valence-electron chi connectivity index (χ3n) is 2.65. The predicted molar refractivity (Wildman–Crippen MR) is 79.8 cm³/mol. The van der Waals surface area contributed by atoms with Gasteiger partial charge in [0.25, 0.3) is 5.91 Å². The maximum atomic E-state index is 12.1. The van der Waals surface area contributed by atoms with Crippen molar-refractivity contribution in [2.24, 2.45) is 7.05 Å². The van der Waals surface area contributed by atoms with Gasteiger partial charge in [-0.3, -0.25) is 9.00 Å². The van der Waals surface area contributed by atoms with Crippen LogP contribution in [-0.4, -0.2) is 20.9 Å². The van der Waals surface area contributed by atoms with E-state index in [9.17, 15) is 9.00 Å². The minimum atomic E-state index is -1.01. The highest BCUT2D eigenvalue weighted by Crippen LogP contribution is 2.16. The quantitative estimate of drug-likeness (QED) is 0.933. The van der Waals surface area contributed by atoms with Crippen LogP contribution in [0.1, 0.15) is 10.5 Å². The lowest BCUT2D eigenvalue weighted by molar-refractivity contribution is 0.101. The highest BCUT2D eigenvalue weighted by atomic mass is 79.9. The van der Waals surface area contributed by atoms with E-state index in [1.54, 1.807) is 41.2 Å². The van der Waals surface area contributed by atoms with Crippen molar-refractivity contribution in [1.82, 2.24) is 4.57 Å². The van der Waals surface area contributed by atoms with Gasteiger partial charge in [0, 0.05) is 45.4 Å². The number of nitrogens with zero attached hydrogens (tertiary/aromatic N) is 1. The molecule has 1 atom stereocenters. The molecule has 6 heteroatoms. The van der Waals surface area contributed by atoms with Crippen LogP contribution in [0.4, 0.5) is 5.69 Å². The Labute approximate surface area is 122 Å². The molecule has 0 unspecified atom stereocenters. The topological polar surface area (TPSA) is 51.1 Å². The van der Waals surface area contributed by atoms with E-state index in [0.717, 1.165) is 9.37 Å². The number of benzene rings is 1. The van der Waals surface area contributed by atoms with Crippen molar-refractivity contribution < 1.29 is 9.00 Å². The van der Waals surface area contributed by atoms with Gasteiger partial charge >= 0.3 is 0 Å². The van der Waals surface area contributed by atoms with Crippen LogP contribution < -0.4 is 5.32 Å². The molecule has 0 spiro atoms. The van der Waals surface area contributed by atoms with Crippen LogP contribution in [0.5, 0.6) is 0 Å². The minimum absolute atomic E-state index is 0.182. The third kappa shape index (κ3) is 3.33. The van der Waals surface area contributed by atoms with Gasteiger partial charge in [-0.1, -0.05) is 0 Å². The predicted octanol–water partition coefficient (Wildman–Crippen LogP) is 2.78. The second-order valence-corrected chi connectivity index (χ2v) is 6.38. The molecular weight excluding hydrogens is 328 g/mol. The molecule has 0 bridgehead atoms. The molecule has 1 aromatic carbocycles. The van der Waals surface area contributed by atoms with Gasteiger partial charge in [0.05, 0.1) is 0 Å². The Morgan fingerprint density at radius 3 is 2.42 bits per heavy atom. The summed E-state index contributed by atoms with van der Waals surface area (Å²) in [6, 6.07) is 8.73. The van der Waals surface area contributed by atoms with Gasteiger partial charge in [0.1, 0.15) is 5.69 Å². The van der Waals surface area contributed by atoms with Gasteiger partial charge in [-0.05, 0) is 46.3 Å². The normalized spacial score (nSPS) is 12.2. The van der Waals surface area contributed by atoms with Crippen LogP contribution in [0.3, 0.4) is 0 Å². The van der Waals surface area contributed by atoms with Crippen molar-refractivity contribution in [3.8, 4) is 0 Å². The third-order valence-corrected chi connectivity index (χ3v) is 4.02. The zero-order chi connectivity index (χ0) is 14.0. The molecule has 4 nitrogen and oxygen atoms in total. The summed E-state index contributed by atoms with van der Waals surface area (Å²) in [6.07, 6.45) is 3.44. The number of carbonyl (C=O) groups is 1. The summed E-state index contributed by atoms with van der Waals surface area (Å²) >= 11 is 3.33.